The van der Waals surface area contributed by atoms with Gasteiger partial charge in [-0.3, -0.25) is 0 Å². The van der Waals surface area contributed by atoms with E-state index in [2.05, 4.69) is 23.2 Å². The molecule has 15 heavy (non-hydrogen) atoms. The number of para-hydroxylation sites is 1. The number of fused-ring (bicyclic) bond motifs is 1. The van der Waals surface area contributed by atoms with E-state index < -0.39 is 10.1 Å². The molecule has 1 aromatic heterocycles. The van der Waals surface area contributed by atoms with Gasteiger partial charge >= 0.3 is 0 Å². The number of benzene rings is 1. The predicted molar refractivity (Wildman–Crippen MR) is 56.1 cm³/mol. The molecule has 0 aliphatic carbocycles. The summed E-state index contributed by atoms with van der Waals surface area (Å²) in [6, 6.07) is 12.3. The molecule has 80 valence electrons. The van der Waals surface area contributed by atoms with Gasteiger partial charge in [0, 0.05) is 23.8 Å². The second-order valence-corrected chi connectivity index (χ2v) is 4.37. The van der Waals surface area contributed by atoms with Crippen LogP contribution in [0.3, 0.4) is 0 Å². The van der Waals surface area contributed by atoms with Crippen LogP contribution in [0, 0.1) is 0 Å². The van der Waals surface area contributed by atoms with E-state index in [1.165, 1.54) is 10.9 Å². The SMILES string of the molecule is CS(=O)(=O)[O-].c1ccc2[nH+]cccc2c1. The molecule has 0 fully saturated rings. The lowest BCUT2D eigenvalue weighted by atomic mass is 10.2. The lowest BCUT2D eigenvalue weighted by molar-refractivity contribution is -0.344. The van der Waals surface area contributed by atoms with Crippen molar-refractivity contribution in [1.82, 2.24) is 0 Å². The van der Waals surface area contributed by atoms with Crippen LogP contribution in [0.2, 0.25) is 0 Å². The molecule has 0 saturated heterocycles. The number of nitrogens with one attached hydrogen (secondary N) is 1. The summed E-state index contributed by atoms with van der Waals surface area (Å²) in [5, 5.41) is 1.25. The Morgan fingerprint density at radius 3 is 2.27 bits per heavy atom. The molecule has 5 heteroatoms. The van der Waals surface area contributed by atoms with Crippen molar-refractivity contribution in [2.24, 2.45) is 0 Å². The highest BCUT2D eigenvalue weighted by atomic mass is 32.2. The smallest absolute Gasteiger partial charge is 0.210 e. The molecule has 0 radical (unpaired) electrons. The maximum absolute atomic E-state index is 9.08. The van der Waals surface area contributed by atoms with E-state index in [1.807, 2.05) is 24.4 Å². The summed E-state index contributed by atoms with van der Waals surface area (Å²) < 4.78 is 27.2. The monoisotopic (exact) mass is 225 g/mol. The van der Waals surface area contributed by atoms with E-state index >= 15 is 0 Å². The van der Waals surface area contributed by atoms with Gasteiger partial charge in [0.15, 0.2) is 6.20 Å². The second-order valence-electron chi connectivity index (χ2n) is 2.96. The van der Waals surface area contributed by atoms with Crippen molar-refractivity contribution in [1.29, 1.82) is 0 Å². The fourth-order valence-electron chi connectivity index (χ4n) is 1.06. The Morgan fingerprint density at radius 1 is 1.13 bits per heavy atom. The Bertz CT molecular complexity index is 464. The second kappa shape index (κ2) is 4.86. The van der Waals surface area contributed by atoms with E-state index in [0.717, 1.165) is 0 Å². The standard InChI is InChI=1S/C9H7N.CH4O3S/c1-2-6-9-8(4-1)5-3-7-10-9;1-5(2,3)4/h1-7H;1H3,(H,2,3,4). The molecule has 0 spiro atoms. The van der Waals surface area contributed by atoms with E-state index in [0.29, 0.717) is 6.26 Å². The van der Waals surface area contributed by atoms with Crippen LogP contribution in [-0.4, -0.2) is 19.2 Å². The summed E-state index contributed by atoms with van der Waals surface area (Å²) in [4.78, 5) is 3.15. The number of hydrogen-bond acceptors (Lipinski definition) is 3. The predicted octanol–water partition coefficient (Wildman–Crippen LogP) is 0.815. The third-order valence-electron chi connectivity index (χ3n) is 1.57. The van der Waals surface area contributed by atoms with Gasteiger partial charge in [-0.1, -0.05) is 12.1 Å². The van der Waals surface area contributed by atoms with Crippen molar-refractivity contribution in [2.45, 2.75) is 0 Å². The minimum atomic E-state index is -3.92. The van der Waals surface area contributed by atoms with Crippen LogP contribution in [0.1, 0.15) is 0 Å². The molecule has 0 aliphatic rings. The Hall–Kier alpha value is -1.46. The maximum Gasteiger partial charge on any atom is 0.210 e. The summed E-state index contributed by atoms with van der Waals surface area (Å²) >= 11 is 0. The van der Waals surface area contributed by atoms with Crippen LogP contribution < -0.4 is 4.98 Å². The van der Waals surface area contributed by atoms with E-state index in [-0.39, 0.29) is 0 Å². The zero-order chi connectivity index (χ0) is 11.3. The molecule has 1 aromatic carbocycles. The lowest BCUT2D eigenvalue weighted by Gasteiger charge is -1.90. The van der Waals surface area contributed by atoms with Crippen LogP contribution in [0.15, 0.2) is 42.6 Å². The number of rotatable bonds is 0. The fourth-order valence-corrected chi connectivity index (χ4v) is 1.06. The summed E-state index contributed by atoms with van der Waals surface area (Å²) in [5.41, 5.74) is 1.19. The zero-order valence-corrected chi connectivity index (χ0v) is 8.99. The van der Waals surface area contributed by atoms with Crippen LogP contribution in [-0.2, 0) is 10.1 Å². The third kappa shape index (κ3) is 5.09. The number of aromatic amines is 1. The van der Waals surface area contributed by atoms with Crippen LogP contribution in [0.5, 0.6) is 0 Å². The van der Waals surface area contributed by atoms with Crippen molar-refractivity contribution in [3.8, 4) is 0 Å². The Kier molecular flexibility index (Phi) is 3.76. The molecular weight excluding hydrogens is 214 g/mol. The minimum absolute atomic E-state index is 0.604. The molecule has 0 unspecified atom stereocenters. The van der Waals surface area contributed by atoms with E-state index in [1.54, 1.807) is 0 Å². The number of hydrogen-bond donors (Lipinski definition) is 0. The van der Waals surface area contributed by atoms with Crippen LogP contribution in [0.25, 0.3) is 10.9 Å². The van der Waals surface area contributed by atoms with Gasteiger partial charge in [0.25, 0.3) is 0 Å². The van der Waals surface area contributed by atoms with Gasteiger partial charge in [-0.25, -0.2) is 13.4 Å². The first-order valence-electron chi connectivity index (χ1n) is 4.23. The van der Waals surface area contributed by atoms with Crippen LogP contribution >= 0.6 is 0 Å². The molecule has 2 aromatic rings. The normalized spacial score (nSPS) is 10.5. The Balaban J connectivity index is 0.000000195. The summed E-state index contributed by atoms with van der Waals surface area (Å²) in [5.74, 6) is 0. The highest BCUT2D eigenvalue weighted by Crippen LogP contribution is 2.04. The molecule has 2 rings (SSSR count). The third-order valence-corrected chi connectivity index (χ3v) is 1.57. The van der Waals surface area contributed by atoms with Gasteiger partial charge in [0.1, 0.15) is 0 Å². The van der Waals surface area contributed by atoms with Gasteiger partial charge in [-0.2, -0.15) is 0 Å². The van der Waals surface area contributed by atoms with E-state index in [9.17, 15) is 0 Å². The van der Waals surface area contributed by atoms with Crippen molar-refractivity contribution >= 4 is 21.0 Å². The molecule has 4 nitrogen and oxygen atoms in total. The summed E-state index contributed by atoms with van der Waals surface area (Å²) in [6.45, 7) is 0. The van der Waals surface area contributed by atoms with Crippen molar-refractivity contribution in [3.05, 3.63) is 42.6 Å². The number of pyridine rings is 1. The highest BCUT2D eigenvalue weighted by molar-refractivity contribution is 7.84. The molecule has 0 aliphatic heterocycles. The first kappa shape index (κ1) is 11.6. The molecular formula is C10H11NO3S. The number of aromatic nitrogens is 1. The topological polar surface area (TPSA) is 71.3 Å². The molecule has 0 atom stereocenters. The van der Waals surface area contributed by atoms with Gasteiger partial charge in [-0.15, -0.1) is 0 Å². The average Bonchev–Trinajstić information content (AvgIpc) is 2.16. The molecule has 1 N–H and O–H groups in total. The summed E-state index contributed by atoms with van der Waals surface area (Å²) in [6.07, 6.45) is 2.54. The Labute approximate surface area is 88.3 Å². The first-order valence-corrected chi connectivity index (χ1v) is 6.05. The lowest BCUT2D eigenvalue weighted by Crippen LogP contribution is -1.99. The zero-order valence-electron chi connectivity index (χ0n) is 8.17. The first-order chi connectivity index (χ1) is 6.97. The molecule has 0 amide bonds. The number of H-pyrrole nitrogens is 1. The van der Waals surface area contributed by atoms with Gasteiger partial charge in [-0.05, 0) is 12.1 Å². The van der Waals surface area contributed by atoms with Gasteiger partial charge in [0.05, 0.1) is 10.1 Å². The molecule has 0 saturated carbocycles. The Morgan fingerprint density at radius 2 is 1.67 bits per heavy atom. The van der Waals surface area contributed by atoms with Crippen LogP contribution in [0.4, 0.5) is 0 Å². The van der Waals surface area contributed by atoms with Gasteiger partial charge in [0.2, 0.25) is 5.52 Å². The van der Waals surface area contributed by atoms with Crippen molar-refractivity contribution in [2.75, 3.05) is 6.26 Å². The fraction of sp³-hybridized carbons (Fsp3) is 0.100. The van der Waals surface area contributed by atoms with Crippen molar-refractivity contribution < 1.29 is 18.0 Å². The highest BCUT2D eigenvalue weighted by Gasteiger charge is 1.92. The summed E-state index contributed by atoms with van der Waals surface area (Å²) in [7, 11) is -3.92. The van der Waals surface area contributed by atoms with Gasteiger partial charge < -0.3 is 4.55 Å². The largest absolute Gasteiger partial charge is 0.748 e. The quantitative estimate of drug-likeness (QED) is 0.623. The van der Waals surface area contributed by atoms with E-state index in [4.69, 9.17) is 13.0 Å². The average molecular weight is 225 g/mol. The molecule has 0 bridgehead atoms. The maximum atomic E-state index is 9.08. The molecule has 1 heterocycles. The minimum Gasteiger partial charge on any atom is -0.748 e. The van der Waals surface area contributed by atoms with Crippen molar-refractivity contribution in [3.63, 3.8) is 0 Å².